The molecule has 0 atom stereocenters. The quantitative estimate of drug-likeness (QED) is 0.590. The second kappa shape index (κ2) is 10.2. The summed E-state index contributed by atoms with van der Waals surface area (Å²) in [6.45, 7) is 3.13. The average Bonchev–Trinajstić information content (AvgIpc) is 3.39. The summed E-state index contributed by atoms with van der Waals surface area (Å²) < 4.78 is 38.7. The molecule has 0 saturated carbocycles. The Morgan fingerprint density at radius 2 is 1.67 bits per heavy atom. The second-order valence-corrected chi connectivity index (χ2v) is 10.4. The lowest BCUT2D eigenvalue weighted by atomic mass is 10.2. The Kier molecular flexibility index (Phi) is 7.31. The van der Waals surface area contributed by atoms with Crippen molar-refractivity contribution in [3.8, 4) is 11.5 Å². The van der Waals surface area contributed by atoms with Gasteiger partial charge in [0, 0.05) is 44.3 Å². The van der Waals surface area contributed by atoms with Gasteiger partial charge in [0.05, 0.1) is 12.8 Å². The Morgan fingerprint density at radius 1 is 0.970 bits per heavy atom. The summed E-state index contributed by atoms with van der Waals surface area (Å²) in [4.78, 5) is 16.7. The number of hydrogen-bond acceptors (Lipinski definition) is 6. The topological polar surface area (TPSA) is 79.4 Å². The van der Waals surface area contributed by atoms with Crippen LogP contribution in [0, 0.1) is 0 Å². The zero-order valence-corrected chi connectivity index (χ0v) is 20.1. The highest BCUT2D eigenvalue weighted by Gasteiger charge is 2.31. The first-order chi connectivity index (χ1) is 15.9. The molecule has 0 unspecified atom stereocenters. The number of amides is 1. The number of ether oxygens (including phenoxy) is 2. The van der Waals surface area contributed by atoms with Crippen LogP contribution in [0.4, 0.5) is 5.69 Å². The van der Waals surface area contributed by atoms with Gasteiger partial charge in [0.15, 0.2) is 6.61 Å². The van der Waals surface area contributed by atoms with Crippen LogP contribution in [0.3, 0.4) is 0 Å². The number of nitrogens with zero attached hydrogens (tertiary/aromatic N) is 3. The molecule has 2 aromatic rings. The Bertz CT molecular complexity index is 1100. The summed E-state index contributed by atoms with van der Waals surface area (Å²) in [7, 11) is -2.08. The monoisotopic (exact) mass is 493 g/mol. The number of anilines is 1. The van der Waals surface area contributed by atoms with Crippen molar-refractivity contribution in [2.75, 3.05) is 57.9 Å². The third kappa shape index (κ3) is 5.20. The molecule has 2 fully saturated rings. The number of rotatable bonds is 7. The summed E-state index contributed by atoms with van der Waals surface area (Å²) in [5.41, 5.74) is 1.00. The van der Waals surface area contributed by atoms with Crippen LogP contribution in [0.15, 0.2) is 47.4 Å². The van der Waals surface area contributed by atoms with E-state index in [4.69, 9.17) is 21.1 Å². The van der Waals surface area contributed by atoms with E-state index in [0.717, 1.165) is 24.3 Å². The van der Waals surface area contributed by atoms with E-state index in [2.05, 4.69) is 4.90 Å². The van der Waals surface area contributed by atoms with E-state index in [1.54, 1.807) is 18.1 Å². The van der Waals surface area contributed by atoms with E-state index in [1.165, 1.54) is 16.4 Å². The van der Waals surface area contributed by atoms with Crippen LogP contribution in [0.5, 0.6) is 11.5 Å². The molecule has 8 nitrogen and oxygen atoms in total. The molecule has 4 rings (SSSR count). The lowest BCUT2D eigenvalue weighted by Gasteiger charge is -2.36. The molecule has 1 amide bonds. The number of sulfonamides is 1. The fourth-order valence-electron chi connectivity index (χ4n) is 4.19. The van der Waals surface area contributed by atoms with Gasteiger partial charge in [-0.3, -0.25) is 4.79 Å². The molecule has 2 saturated heterocycles. The Hall–Kier alpha value is -2.49. The van der Waals surface area contributed by atoms with E-state index in [1.807, 2.05) is 24.3 Å². The number of hydrogen-bond donors (Lipinski definition) is 0. The van der Waals surface area contributed by atoms with Crippen LogP contribution < -0.4 is 14.4 Å². The second-order valence-electron chi connectivity index (χ2n) is 8.03. The molecule has 2 heterocycles. The number of halogens is 1. The van der Waals surface area contributed by atoms with Crippen LogP contribution in [-0.2, 0) is 14.8 Å². The third-order valence-corrected chi connectivity index (χ3v) is 8.15. The molecule has 2 aromatic carbocycles. The van der Waals surface area contributed by atoms with Crippen molar-refractivity contribution in [1.29, 1.82) is 0 Å². The number of benzene rings is 2. The first-order valence-corrected chi connectivity index (χ1v) is 12.8. The van der Waals surface area contributed by atoms with Crippen molar-refractivity contribution < 1.29 is 22.7 Å². The smallest absolute Gasteiger partial charge is 0.260 e. The van der Waals surface area contributed by atoms with Crippen LogP contribution in [-0.4, -0.2) is 76.5 Å². The third-order valence-electron chi connectivity index (χ3n) is 6.00. The van der Waals surface area contributed by atoms with Crippen molar-refractivity contribution in [2.24, 2.45) is 0 Å². The summed E-state index contributed by atoms with van der Waals surface area (Å²) in [6.07, 6.45) is 1.66. The standard InChI is InChI=1S/C23H28ClN3O5S/c1-31-20-7-3-2-6-19(20)25-12-14-26(15-13-25)23(28)17-32-21-9-8-18(24)16-22(21)33(29,30)27-10-4-5-11-27/h2-3,6-9,16H,4-5,10-15,17H2,1H3. The Morgan fingerprint density at radius 3 is 2.36 bits per heavy atom. The highest BCUT2D eigenvalue weighted by atomic mass is 35.5. The largest absolute Gasteiger partial charge is 0.495 e. The molecular weight excluding hydrogens is 466 g/mol. The molecule has 0 aromatic heterocycles. The Balaban J connectivity index is 1.39. The zero-order chi connectivity index (χ0) is 23.4. The Labute approximate surface area is 199 Å². The van der Waals surface area contributed by atoms with Crippen molar-refractivity contribution in [2.45, 2.75) is 17.7 Å². The van der Waals surface area contributed by atoms with Crippen molar-refractivity contribution in [1.82, 2.24) is 9.21 Å². The van der Waals surface area contributed by atoms with Crippen LogP contribution >= 0.6 is 11.6 Å². The highest BCUT2D eigenvalue weighted by molar-refractivity contribution is 7.89. The molecule has 0 bridgehead atoms. The van der Waals surface area contributed by atoms with Gasteiger partial charge in [0.25, 0.3) is 5.91 Å². The maximum atomic E-state index is 13.1. The van der Waals surface area contributed by atoms with Gasteiger partial charge in [-0.2, -0.15) is 4.31 Å². The molecule has 10 heteroatoms. The van der Waals surface area contributed by atoms with Crippen LogP contribution in [0.2, 0.25) is 5.02 Å². The summed E-state index contributed by atoms with van der Waals surface area (Å²) in [5, 5.41) is 0.305. The van der Waals surface area contributed by atoms with Gasteiger partial charge in [0.1, 0.15) is 16.4 Å². The molecule has 0 N–H and O–H groups in total. The zero-order valence-electron chi connectivity index (χ0n) is 18.6. The molecule has 2 aliphatic rings. The number of methoxy groups -OCH3 is 1. The minimum absolute atomic E-state index is 0.00527. The predicted molar refractivity (Wildman–Crippen MR) is 127 cm³/mol. The van der Waals surface area contributed by atoms with Crippen LogP contribution in [0.25, 0.3) is 0 Å². The first-order valence-electron chi connectivity index (χ1n) is 11.0. The summed E-state index contributed by atoms with van der Waals surface area (Å²) in [5.74, 6) is 0.761. The molecule has 0 radical (unpaired) electrons. The lowest BCUT2D eigenvalue weighted by molar-refractivity contribution is -0.133. The van der Waals surface area contributed by atoms with Gasteiger partial charge in [-0.05, 0) is 43.2 Å². The van der Waals surface area contributed by atoms with Crippen LogP contribution in [0.1, 0.15) is 12.8 Å². The molecule has 178 valence electrons. The minimum atomic E-state index is -3.73. The van der Waals surface area contributed by atoms with E-state index in [-0.39, 0.29) is 23.2 Å². The number of piperazine rings is 1. The summed E-state index contributed by atoms with van der Waals surface area (Å²) >= 11 is 6.07. The van der Waals surface area contributed by atoms with Gasteiger partial charge in [-0.15, -0.1) is 0 Å². The SMILES string of the molecule is COc1ccccc1N1CCN(C(=O)COc2ccc(Cl)cc2S(=O)(=O)N2CCCC2)CC1. The number of carbonyl (C=O) groups excluding carboxylic acids is 1. The maximum Gasteiger partial charge on any atom is 0.260 e. The van der Waals surface area contributed by atoms with Gasteiger partial charge < -0.3 is 19.3 Å². The van der Waals surface area contributed by atoms with Gasteiger partial charge in [0.2, 0.25) is 10.0 Å². The average molecular weight is 494 g/mol. The fourth-order valence-corrected chi connectivity index (χ4v) is 6.10. The molecule has 2 aliphatic heterocycles. The molecule has 0 spiro atoms. The van der Waals surface area contributed by atoms with Crippen molar-refractivity contribution in [3.63, 3.8) is 0 Å². The molecular formula is C23H28ClN3O5S. The summed E-state index contributed by atoms with van der Waals surface area (Å²) in [6, 6.07) is 12.3. The molecule has 0 aliphatic carbocycles. The van der Waals surface area contributed by atoms with Crippen molar-refractivity contribution in [3.05, 3.63) is 47.5 Å². The fraction of sp³-hybridized carbons (Fsp3) is 0.435. The predicted octanol–water partition coefficient (Wildman–Crippen LogP) is 2.86. The maximum absolute atomic E-state index is 13.1. The number of para-hydroxylation sites is 2. The number of carbonyl (C=O) groups is 1. The molecule has 33 heavy (non-hydrogen) atoms. The van der Waals surface area contributed by atoms with Gasteiger partial charge in [-0.1, -0.05) is 23.7 Å². The van der Waals surface area contributed by atoms with Gasteiger partial charge in [-0.25, -0.2) is 8.42 Å². The van der Waals surface area contributed by atoms with E-state index < -0.39 is 10.0 Å². The van der Waals surface area contributed by atoms with E-state index in [9.17, 15) is 13.2 Å². The lowest BCUT2D eigenvalue weighted by Crippen LogP contribution is -2.50. The van der Waals surface area contributed by atoms with Gasteiger partial charge >= 0.3 is 0 Å². The minimum Gasteiger partial charge on any atom is -0.495 e. The van der Waals surface area contributed by atoms with E-state index in [0.29, 0.717) is 44.3 Å². The highest BCUT2D eigenvalue weighted by Crippen LogP contribution is 2.32. The first kappa shape index (κ1) is 23.7. The van der Waals surface area contributed by atoms with Crippen molar-refractivity contribution >= 4 is 33.2 Å². The normalized spacial score (nSPS) is 17.3. The van der Waals surface area contributed by atoms with E-state index >= 15 is 0 Å².